The number of rotatable bonds is 4. The van der Waals surface area contributed by atoms with Crippen molar-refractivity contribution in [3.05, 3.63) is 11.7 Å². The number of halogens is 1. The van der Waals surface area contributed by atoms with Gasteiger partial charge < -0.3 is 14.3 Å². The molecule has 0 fully saturated rings. The summed E-state index contributed by atoms with van der Waals surface area (Å²) in [5.74, 6) is 2.34. The van der Waals surface area contributed by atoms with E-state index in [0.29, 0.717) is 18.9 Å². The lowest BCUT2D eigenvalue weighted by atomic mass is 10.4. The van der Waals surface area contributed by atoms with Crippen LogP contribution in [0.25, 0.3) is 0 Å². The van der Waals surface area contributed by atoms with E-state index in [0.717, 1.165) is 18.2 Å². The van der Waals surface area contributed by atoms with Crippen molar-refractivity contribution >= 4 is 29.9 Å². The van der Waals surface area contributed by atoms with Crippen molar-refractivity contribution in [2.75, 3.05) is 34.7 Å². The molecule has 1 aromatic rings. The minimum absolute atomic E-state index is 0. The maximum absolute atomic E-state index is 5.04. The van der Waals surface area contributed by atoms with Gasteiger partial charge in [0.25, 0.3) is 0 Å². The molecule has 0 atom stereocenters. The fourth-order valence-corrected chi connectivity index (χ4v) is 1.47. The second kappa shape index (κ2) is 8.28. The van der Waals surface area contributed by atoms with E-state index in [1.807, 2.05) is 44.9 Å². The molecular weight excluding hydrogens is 345 g/mol. The maximum Gasteiger partial charge on any atom is 0.226 e. The zero-order valence-electron chi connectivity index (χ0n) is 11.7. The molecule has 0 aliphatic carbocycles. The third-order valence-electron chi connectivity index (χ3n) is 2.20. The molecule has 0 aliphatic heterocycles. The van der Waals surface area contributed by atoms with Crippen molar-refractivity contribution in [3.8, 4) is 0 Å². The summed E-state index contributed by atoms with van der Waals surface area (Å²) in [6.07, 6.45) is 1.48. The molecule has 18 heavy (non-hydrogen) atoms. The number of hydrogen-bond donors (Lipinski definition) is 0. The van der Waals surface area contributed by atoms with E-state index in [9.17, 15) is 0 Å². The zero-order chi connectivity index (χ0) is 12.8. The van der Waals surface area contributed by atoms with E-state index >= 15 is 0 Å². The number of aryl methyl sites for hydroxylation is 1. The first-order chi connectivity index (χ1) is 8.04. The highest BCUT2D eigenvalue weighted by Gasteiger charge is 2.06. The summed E-state index contributed by atoms with van der Waals surface area (Å²) in [6, 6.07) is 0. The number of hydrogen-bond acceptors (Lipinski definition) is 4. The van der Waals surface area contributed by atoms with Crippen LogP contribution in [0.1, 0.15) is 18.6 Å². The van der Waals surface area contributed by atoms with Crippen LogP contribution in [-0.4, -0.2) is 60.6 Å². The first kappa shape index (κ1) is 17.1. The molecule has 0 N–H and O–H groups in total. The summed E-state index contributed by atoms with van der Waals surface area (Å²) in [4.78, 5) is 12.7. The van der Waals surface area contributed by atoms with E-state index in [4.69, 9.17) is 4.52 Å². The Morgan fingerprint density at radius 1 is 1.22 bits per heavy atom. The molecule has 0 aromatic carbocycles. The van der Waals surface area contributed by atoms with Crippen molar-refractivity contribution in [2.45, 2.75) is 19.8 Å². The van der Waals surface area contributed by atoms with E-state index in [2.05, 4.69) is 15.1 Å². The van der Waals surface area contributed by atoms with Crippen LogP contribution < -0.4 is 0 Å². The summed E-state index contributed by atoms with van der Waals surface area (Å²) in [5, 5.41) is 3.89. The van der Waals surface area contributed by atoms with E-state index < -0.39 is 0 Å². The Labute approximate surface area is 125 Å². The lowest BCUT2D eigenvalue weighted by Gasteiger charge is -2.22. The lowest BCUT2D eigenvalue weighted by Crippen LogP contribution is -2.35. The van der Waals surface area contributed by atoms with Gasteiger partial charge in [0.1, 0.15) is 0 Å². The first-order valence-electron chi connectivity index (χ1n) is 5.75. The molecule has 0 spiro atoms. The van der Waals surface area contributed by atoms with E-state index in [1.54, 1.807) is 0 Å². The molecule has 104 valence electrons. The second-order valence-corrected chi connectivity index (χ2v) is 4.18. The molecule has 6 nitrogen and oxygen atoms in total. The van der Waals surface area contributed by atoms with Gasteiger partial charge >= 0.3 is 0 Å². The molecule has 0 aliphatic rings. The number of nitrogens with zero attached hydrogens (tertiary/aromatic N) is 5. The molecule has 0 amide bonds. The summed E-state index contributed by atoms with van der Waals surface area (Å²) in [5.41, 5.74) is 0. The Kier molecular flexibility index (Phi) is 7.88. The van der Waals surface area contributed by atoms with Crippen molar-refractivity contribution < 1.29 is 4.52 Å². The highest BCUT2D eigenvalue weighted by Crippen LogP contribution is 1.99. The monoisotopic (exact) mass is 367 g/mol. The van der Waals surface area contributed by atoms with Crippen LogP contribution in [0.15, 0.2) is 9.52 Å². The Balaban J connectivity index is 0.00000289. The van der Waals surface area contributed by atoms with Gasteiger partial charge in [-0.3, -0.25) is 4.99 Å². The number of guanidine groups is 1. The predicted octanol–water partition coefficient (Wildman–Crippen LogP) is 1.27. The molecule has 7 heteroatoms. The van der Waals surface area contributed by atoms with Crippen LogP contribution in [0.4, 0.5) is 0 Å². The third kappa shape index (κ3) is 5.19. The van der Waals surface area contributed by atoms with E-state index in [1.165, 1.54) is 0 Å². The molecular formula is C11H22IN5O. The van der Waals surface area contributed by atoms with Gasteiger partial charge in [-0.15, -0.1) is 24.0 Å². The minimum Gasteiger partial charge on any atom is -0.349 e. The molecule has 1 aromatic heterocycles. The molecule has 0 saturated heterocycles. The summed E-state index contributed by atoms with van der Waals surface area (Å²) < 4.78 is 5.04. The predicted molar refractivity (Wildman–Crippen MR) is 82.5 cm³/mol. The van der Waals surface area contributed by atoms with Crippen molar-refractivity contribution in [3.63, 3.8) is 0 Å². The topological polar surface area (TPSA) is 57.8 Å². The van der Waals surface area contributed by atoms with Crippen molar-refractivity contribution in [1.82, 2.24) is 19.9 Å². The molecule has 0 saturated carbocycles. The van der Waals surface area contributed by atoms with E-state index in [-0.39, 0.29) is 24.0 Å². The van der Waals surface area contributed by atoms with Crippen LogP contribution in [0.2, 0.25) is 0 Å². The third-order valence-corrected chi connectivity index (χ3v) is 2.20. The molecule has 1 rings (SSSR count). The summed E-state index contributed by atoms with van der Waals surface area (Å²) in [6.45, 7) is 2.65. The normalized spacial score (nSPS) is 9.61. The number of aromatic nitrogens is 2. The largest absolute Gasteiger partial charge is 0.349 e. The van der Waals surface area contributed by atoms with Gasteiger partial charge in [-0.2, -0.15) is 4.98 Å². The van der Waals surface area contributed by atoms with Crippen molar-refractivity contribution in [1.29, 1.82) is 0 Å². The van der Waals surface area contributed by atoms with Crippen molar-refractivity contribution in [2.24, 2.45) is 4.99 Å². The quantitative estimate of drug-likeness (QED) is 0.456. The lowest BCUT2D eigenvalue weighted by molar-refractivity contribution is 0.376. The SMILES string of the molecule is CCc1nc(CCN=C(N(C)C)N(C)C)no1.I. The zero-order valence-corrected chi connectivity index (χ0v) is 14.0. The standard InChI is InChI=1S/C11H21N5O.HI/c1-6-10-13-9(14-17-10)7-8-12-11(15(2)3)16(4)5;/h6-8H2,1-5H3;1H. The van der Waals surface area contributed by atoms with Gasteiger partial charge in [0.15, 0.2) is 11.8 Å². The van der Waals surface area contributed by atoms with Crippen LogP contribution in [0.3, 0.4) is 0 Å². The van der Waals surface area contributed by atoms with Gasteiger partial charge in [0, 0.05) is 47.6 Å². The first-order valence-corrected chi connectivity index (χ1v) is 5.75. The van der Waals surface area contributed by atoms with Crippen LogP contribution in [-0.2, 0) is 12.8 Å². The Hall–Kier alpha value is -0.860. The van der Waals surface area contributed by atoms with Crippen LogP contribution in [0.5, 0.6) is 0 Å². The molecule has 0 unspecified atom stereocenters. The Morgan fingerprint density at radius 2 is 1.83 bits per heavy atom. The van der Waals surface area contributed by atoms with Gasteiger partial charge in [-0.1, -0.05) is 12.1 Å². The fourth-order valence-electron chi connectivity index (χ4n) is 1.47. The fraction of sp³-hybridized carbons (Fsp3) is 0.727. The Morgan fingerprint density at radius 3 is 2.28 bits per heavy atom. The molecule has 1 heterocycles. The van der Waals surface area contributed by atoms with Crippen LogP contribution >= 0.6 is 24.0 Å². The summed E-state index contributed by atoms with van der Waals surface area (Å²) in [7, 11) is 7.90. The number of aliphatic imine (C=N–C) groups is 1. The van der Waals surface area contributed by atoms with Crippen LogP contribution in [0, 0.1) is 0 Å². The van der Waals surface area contributed by atoms with Gasteiger partial charge in [0.05, 0.1) is 0 Å². The average Bonchev–Trinajstić information content (AvgIpc) is 2.71. The average molecular weight is 367 g/mol. The van der Waals surface area contributed by atoms with Gasteiger partial charge in [-0.25, -0.2) is 0 Å². The maximum atomic E-state index is 5.04. The van der Waals surface area contributed by atoms with Gasteiger partial charge in [0.2, 0.25) is 5.89 Å². The highest BCUT2D eigenvalue weighted by molar-refractivity contribution is 14.0. The Bertz CT molecular complexity index is 365. The molecule has 0 radical (unpaired) electrons. The van der Waals surface area contributed by atoms with Gasteiger partial charge in [-0.05, 0) is 0 Å². The summed E-state index contributed by atoms with van der Waals surface area (Å²) >= 11 is 0. The second-order valence-electron chi connectivity index (χ2n) is 4.18. The highest BCUT2D eigenvalue weighted by atomic mass is 127. The smallest absolute Gasteiger partial charge is 0.226 e. The minimum atomic E-state index is 0. The molecule has 0 bridgehead atoms.